The first-order chi connectivity index (χ1) is 13.5. The Kier molecular flexibility index (Phi) is 6.06. The lowest BCUT2D eigenvalue weighted by molar-refractivity contribution is -0.116. The predicted octanol–water partition coefficient (Wildman–Crippen LogP) is 4.06. The Labute approximate surface area is 166 Å². The third-order valence-corrected chi connectivity index (χ3v) is 4.32. The molecule has 3 aromatic rings. The highest BCUT2D eigenvalue weighted by atomic mass is 35.5. The summed E-state index contributed by atoms with van der Waals surface area (Å²) in [6, 6.07) is 12.2. The van der Waals surface area contributed by atoms with Crippen LogP contribution in [-0.4, -0.2) is 29.2 Å². The molecule has 0 spiro atoms. The largest absolute Gasteiger partial charge is 0.465 e. The third kappa shape index (κ3) is 4.75. The molecule has 0 radical (unpaired) electrons. The molecule has 3 rings (SSSR count). The van der Waals surface area contributed by atoms with E-state index in [-0.39, 0.29) is 18.7 Å². The van der Waals surface area contributed by atoms with E-state index in [1.165, 1.54) is 25.3 Å². The maximum atomic E-state index is 12.2. The highest BCUT2D eigenvalue weighted by Crippen LogP contribution is 2.24. The molecule has 2 aromatic carbocycles. The summed E-state index contributed by atoms with van der Waals surface area (Å²) in [5, 5.41) is 11.0. The van der Waals surface area contributed by atoms with Crippen LogP contribution in [0.1, 0.15) is 28.2 Å². The Balaban J connectivity index is 1.61. The van der Waals surface area contributed by atoms with Crippen LogP contribution in [0.25, 0.3) is 11.5 Å². The van der Waals surface area contributed by atoms with Gasteiger partial charge in [-0.2, -0.15) is 0 Å². The molecular formula is C20H18ClN3O4. The van der Waals surface area contributed by atoms with Crippen molar-refractivity contribution in [3.05, 3.63) is 64.5 Å². The lowest BCUT2D eigenvalue weighted by Gasteiger charge is -2.08. The van der Waals surface area contributed by atoms with Crippen molar-refractivity contribution in [2.24, 2.45) is 0 Å². The van der Waals surface area contributed by atoms with Crippen molar-refractivity contribution in [1.82, 2.24) is 10.2 Å². The summed E-state index contributed by atoms with van der Waals surface area (Å²) in [6.07, 6.45) is 0.396. The van der Waals surface area contributed by atoms with E-state index in [4.69, 9.17) is 16.0 Å². The lowest BCUT2D eigenvalue weighted by atomic mass is 10.1. The van der Waals surface area contributed by atoms with Crippen molar-refractivity contribution in [3.63, 3.8) is 0 Å². The van der Waals surface area contributed by atoms with Gasteiger partial charge in [-0.25, -0.2) is 4.79 Å². The van der Waals surface area contributed by atoms with Gasteiger partial charge in [-0.05, 0) is 37.3 Å². The Morgan fingerprint density at radius 3 is 2.61 bits per heavy atom. The highest BCUT2D eigenvalue weighted by Gasteiger charge is 2.13. The quantitative estimate of drug-likeness (QED) is 0.628. The van der Waals surface area contributed by atoms with E-state index in [1.54, 1.807) is 0 Å². The summed E-state index contributed by atoms with van der Waals surface area (Å²) < 4.78 is 10.3. The molecule has 0 aliphatic rings. The Hall–Kier alpha value is -3.19. The number of ether oxygens (including phenoxy) is 1. The topological polar surface area (TPSA) is 94.3 Å². The number of anilines is 1. The fourth-order valence-electron chi connectivity index (χ4n) is 2.47. The summed E-state index contributed by atoms with van der Waals surface area (Å²) in [4.78, 5) is 23.8. The van der Waals surface area contributed by atoms with Gasteiger partial charge < -0.3 is 14.5 Å². The van der Waals surface area contributed by atoms with Gasteiger partial charge in [0.05, 0.1) is 23.4 Å². The molecule has 0 aliphatic carbocycles. The van der Waals surface area contributed by atoms with Crippen molar-refractivity contribution in [1.29, 1.82) is 0 Å². The maximum absolute atomic E-state index is 12.2. The van der Waals surface area contributed by atoms with E-state index in [0.29, 0.717) is 28.1 Å². The van der Waals surface area contributed by atoms with Crippen molar-refractivity contribution in [2.75, 3.05) is 12.4 Å². The van der Waals surface area contributed by atoms with E-state index in [0.717, 1.165) is 11.1 Å². The number of carbonyl (C=O) groups is 2. The zero-order chi connectivity index (χ0) is 20.1. The number of carbonyl (C=O) groups excluding carboxylic acids is 2. The number of esters is 1. The van der Waals surface area contributed by atoms with Crippen LogP contribution < -0.4 is 5.32 Å². The van der Waals surface area contributed by atoms with Gasteiger partial charge in [0.2, 0.25) is 17.7 Å². The first-order valence-corrected chi connectivity index (χ1v) is 8.91. The van der Waals surface area contributed by atoms with Gasteiger partial charge in [0.1, 0.15) is 0 Å². The van der Waals surface area contributed by atoms with Gasteiger partial charge in [-0.1, -0.05) is 29.3 Å². The number of methoxy groups -OCH3 is 1. The SMILES string of the molecule is COC(=O)c1ccc(Cl)c(NC(=O)CCc2nnc(-c3ccc(C)cc3)o2)c1. The van der Waals surface area contributed by atoms with Crippen molar-refractivity contribution >= 4 is 29.2 Å². The molecule has 0 aliphatic heterocycles. The summed E-state index contributed by atoms with van der Waals surface area (Å²) in [5.74, 6) is -0.0370. The second-order valence-corrected chi connectivity index (χ2v) is 6.51. The van der Waals surface area contributed by atoms with Crippen molar-refractivity contribution in [2.45, 2.75) is 19.8 Å². The van der Waals surface area contributed by atoms with Crippen LogP contribution in [-0.2, 0) is 16.0 Å². The molecule has 0 fully saturated rings. The number of nitrogens with zero attached hydrogens (tertiary/aromatic N) is 2. The van der Waals surface area contributed by atoms with E-state index in [9.17, 15) is 9.59 Å². The van der Waals surface area contributed by atoms with Gasteiger partial charge in [-0.3, -0.25) is 4.79 Å². The van der Waals surface area contributed by atoms with Crippen LogP contribution in [0.5, 0.6) is 0 Å². The standard InChI is InChI=1S/C20H18ClN3O4/c1-12-3-5-13(6-4-12)19-24-23-18(28-19)10-9-17(25)22-16-11-14(20(26)27-2)7-8-15(16)21/h3-8,11H,9-10H2,1-2H3,(H,22,25). The molecule has 28 heavy (non-hydrogen) atoms. The number of aromatic nitrogens is 2. The van der Waals surface area contributed by atoms with Crippen molar-refractivity contribution in [3.8, 4) is 11.5 Å². The molecule has 1 heterocycles. The average molecular weight is 400 g/mol. The lowest BCUT2D eigenvalue weighted by Crippen LogP contribution is -2.13. The van der Waals surface area contributed by atoms with Gasteiger partial charge in [0.25, 0.3) is 0 Å². The molecule has 1 N–H and O–H groups in total. The number of rotatable bonds is 6. The normalized spacial score (nSPS) is 10.5. The number of halogens is 1. The molecular weight excluding hydrogens is 382 g/mol. The summed E-state index contributed by atoms with van der Waals surface area (Å²) >= 11 is 6.08. The van der Waals surface area contributed by atoms with E-state index >= 15 is 0 Å². The highest BCUT2D eigenvalue weighted by molar-refractivity contribution is 6.33. The smallest absolute Gasteiger partial charge is 0.337 e. The minimum atomic E-state index is -0.512. The number of amides is 1. The number of aryl methyl sites for hydroxylation is 2. The Bertz CT molecular complexity index is 999. The van der Waals surface area contributed by atoms with Gasteiger partial charge in [-0.15, -0.1) is 10.2 Å². The molecule has 1 amide bonds. The van der Waals surface area contributed by atoms with E-state index < -0.39 is 5.97 Å². The fraction of sp³-hybridized carbons (Fsp3) is 0.200. The van der Waals surface area contributed by atoms with Crippen LogP contribution >= 0.6 is 11.6 Å². The maximum Gasteiger partial charge on any atom is 0.337 e. The Morgan fingerprint density at radius 2 is 1.89 bits per heavy atom. The number of nitrogens with one attached hydrogen (secondary N) is 1. The number of hydrogen-bond donors (Lipinski definition) is 1. The van der Waals surface area contributed by atoms with Gasteiger partial charge >= 0.3 is 5.97 Å². The molecule has 1 aromatic heterocycles. The van der Waals surface area contributed by atoms with Crippen LogP contribution in [0.15, 0.2) is 46.9 Å². The third-order valence-electron chi connectivity index (χ3n) is 3.99. The summed E-state index contributed by atoms with van der Waals surface area (Å²) in [5.41, 5.74) is 2.58. The van der Waals surface area contributed by atoms with E-state index in [2.05, 4.69) is 20.3 Å². The first-order valence-electron chi connectivity index (χ1n) is 8.53. The van der Waals surface area contributed by atoms with E-state index in [1.807, 2.05) is 31.2 Å². The average Bonchev–Trinajstić information content (AvgIpc) is 3.17. The molecule has 0 unspecified atom stereocenters. The summed E-state index contributed by atoms with van der Waals surface area (Å²) in [6.45, 7) is 1.99. The van der Waals surface area contributed by atoms with Crippen LogP contribution in [0.3, 0.4) is 0 Å². The fourth-order valence-corrected chi connectivity index (χ4v) is 2.63. The molecule has 7 nitrogen and oxygen atoms in total. The monoisotopic (exact) mass is 399 g/mol. The number of hydrogen-bond acceptors (Lipinski definition) is 6. The van der Waals surface area contributed by atoms with Crippen LogP contribution in [0.2, 0.25) is 5.02 Å². The number of benzene rings is 2. The van der Waals surface area contributed by atoms with Crippen LogP contribution in [0.4, 0.5) is 5.69 Å². The second kappa shape index (κ2) is 8.67. The van der Waals surface area contributed by atoms with Crippen LogP contribution in [0, 0.1) is 6.92 Å². The molecule has 0 saturated carbocycles. The minimum absolute atomic E-state index is 0.119. The first kappa shape index (κ1) is 19.6. The van der Waals surface area contributed by atoms with Gasteiger partial charge in [0, 0.05) is 18.4 Å². The molecule has 8 heteroatoms. The molecule has 0 saturated heterocycles. The molecule has 0 bridgehead atoms. The Morgan fingerprint density at radius 1 is 1.14 bits per heavy atom. The van der Waals surface area contributed by atoms with Crippen molar-refractivity contribution < 1.29 is 18.7 Å². The molecule has 144 valence electrons. The zero-order valence-electron chi connectivity index (χ0n) is 15.4. The molecule has 0 atom stereocenters. The van der Waals surface area contributed by atoms with Gasteiger partial charge in [0.15, 0.2) is 0 Å². The minimum Gasteiger partial charge on any atom is -0.465 e. The zero-order valence-corrected chi connectivity index (χ0v) is 16.1. The summed E-state index contributed by atoms with van der Waals surface area (Å²) in [7, 11) is 1.28. The predicted molar refractivity (Wildman–Crippen MR) is 104 cm³/mol. The second-order valence-electron chi connectivity index (χ2n) is 6.10.